The number of hydrogen-bond acceptors (Lipinski definition) is 4. The summed E-state index contributed by atoms with van der Waals surface area (Å²) in [4.78, 5) is 8.74. The van der Waals surface area contributed by atoms with Crippen LogP contribution >= 0.6 is 0 Å². The zero-order valence-electron chi connectivity index (χ0n) is 15.0. The Balaban J connectivity index is 1.85. The Bertz CT molecular complexity index is 970. The molecule has 4 heteroatoms. The van der Waals surface area contributed by atoms with E-state index in [1.165, 1.54) is 5.56 Å². The molecule has 0 atom stereocenters. The van der Waals surface area contributed by atoms with Gasteiger partial charge in [0.1, 0.15) is 0 Å². The van der Waals surface area contributed by atoms with E-state index >= 15 is 0 Å². The van der Waals surface area contributed by atoms with Crippen LogP contribution in [-0.4, -0.2) is 12.4 Å². The molecular formula is C22H22N4. The van der Waals surface area contributed by atoms with Crippen LogP contribution in [0.2, 0.25) is 0 Å². The van der Waals surface area contributed by atoms with Gasteiger partial charge in [0.25, 0.3) is 0 Å². The molecule has 0 unspecified atom stereocenters. The molecule has 0 radical (unpaired) electrons. The summed E-state index contributed by atoms with van der Waals surface area (Å²) < 4.78 is 0. The number of nitrogens with two attached hydrogens (primary N) is 2. The number of aliphatic imine (C=N–C) groups is 2. The van der Waals surface area contributed by atoms with Gasteiger partial charge < -0.3 is 11.5 Å². The second-order valence-electron chi connectivity index (χ2n) is 6.10. The first-order valence-electron chi connectivity index (χ1n) is 8.45. The van der Waals surface area contributed by atoms with E-state index in [9.17, 15) is 0 Å². The van der Waals surface area contributed by atoms with E-state index in [1.54, 1.807) is 6.21 Å². The van der Waals surface area contributed by atoms with Crippen LogP contribution in [0.5, 0.6) is 0 Å². The Kier molecular flexibility index (Phi) is 5.13. The van der Waals surface area contributed by atoms with Crippen molar-refractivity contribution in [2.45, 2.75) is 13.8 Å². The zero-order valence-corrected chi connectivity index (χ0v) is 15.0. The first kappa shape index (κ1) is 17.4. The van der Waals surface area contributed by atoms with Crippen molar-refractivity contribution in [3.8, 4) is 11.1 Å². The number of anilines is 2. The molecule has 0 saturated carbocycles. The van der Waals surface area contributed by atoms with Crippen LogP contribution in [0.15, 0.2) is 70.6 Å². The van der Waals surface area contributed by atoms with Gasteiger partial charge in [-0.2, -0.15) is 0 Å². The summed E-state index contributed by atoms with van der Waals surface area (Å²) in [6.45, 7) is 3.93. The molecule has 26 heavy (non-hydrogen) atoms. The molecule has 0 aliphatic rings. The van der Waals surface area contributed by atoms with E-state index in [-0.39, 0.29) is 0 Å². The molecule has 0 fully saturated rings. The van der Waals surface area contributed by atoms with Crippen molar-refractivity contribution in [1.82, 2.24) is 0 Å². The Hall–Kier alpha value is -3.40. The van der Waals surface area contributed by atoms with Gasteiger partial charge in [-0.3, -0.25) is 9.98 Å². The molecule has 0 spiro atoms. The largest absolute Gasteiger partial charge is 0.397 e. The summed E-state index contributed by atoms with van der Waals surface area (Å²) >= 11 is 0. The SMILES string of the molecule is CC=Nc1ccc(-c2ccc(N=Cc3ccc(C)cc3)c(N)c2)cc1N. The summed E-state index contributed by atoms with van der Waals surface area (Å²) in [6, 6.07) is 19.8. The summed E-state index contributed by atoms with van der Waals surface area (Å²) in [6.07, 6.45) is 3.55. The van der Waals surface area contributed by atoms with Gasteiger partial charge in [0.2, 0.25) is 0 Å². The van der Waals surface area contributed by atoms with Gasteiger partial charge in [0.05, 0.1) is 22.7 Å². The summed E-state index contributed by atoms with van der Waals surface area (Å²) in [5, 5.41) is 0. The third kappa shape index (κ3) is 3.98. The van der Waals surface area contributed by atoms with Crippen molar-refractivity contribution in [3.05, 3.63) is 71.8 Å². The summed E-state index contributed by atoms with van der Waals surface area (Å²) in [7, 11) is 0. The predicted molar refractivity (Wildman–Crippen MR) is 113 cm³/mol. The van der Waals surface area contributed by atoms with Crippen LogP contribution in [0, 0.1) is 6.92 Å². The molecule has 130 valence electrons. The van der Waals surface area contributed by atoms with Crippen LogP contribution in [-0.2, 0) is 0 Å². The number of nitrogen functional groups attached to an aromatic ring is 2. The fourth-order valence-corrected chi connectivity index (χ4v) is 2.64. The molecule has 3 aromatic carbocycles. The topological polar surface area (TPSA) is 76.8 Å². The maximum Gasteiger partial charge on any atom is 0.0859 e. The van der Waals surface area contributed by atoms with Crippen molar-refractivity contribution < 1.29 is 0 Å². The van der Waals surface area contributed by atoms with Crippen molar-refractivity contribution in [1.29, 1.82) is 0 Å². The Morgan fingerprint density at radius 3 is 1.77 bits per heavy atom. The van der Waals surface area contributed by atoms with E-state index in [4.69, 9.17) is 11.5 Å². The highest BCUT2D eigenvalue weighted by molar-refractivity contribution is 5.85. The summed E-state index contributed by atoms with van der Waals surface area (Å²) in [5.74, 6) is 0. The van der Waals surface area contributed by atoms with Gasteiger partial charge in [0, 0.05) is 12.4 Å². The van der Waals surface area contributed by atoms with E-state index in [0.29, 0.717) is 11.4 Å². The number of aryl methyl sites for hydroxylation is 1. The fourth-order valence-electron chi connectivity index (χ4n) is 2.64. The molecule has 3 aromatic rings. The lowest BCUT2D eigenvalue weighted by atomic mass is 10.0. The van der Waals surface area contributed by atoms with E-state index in [0.717, 1.165) is 28.1 Å². The third-order valence-corrected chi connectivity index (χ3v) is 4.09. The first-order valence-corrected chi connectivity index (χ1v) is 8.45. The quantitative estimate of drug-likeness (QED) is 0.498. The predicted octanol–water partition coefficient (Wildman–Crippen LogP) is 5.30. The maximum absolute atomic E-state index is 6.19. The van der Waals surface area contributed by atoms with Gasteiger partial charge in [0.15, 0.2) is 0 Å². The molecule has 0 saturated heterocycles. The third-order valence-electron chi connectivity index (χ3n) is 4.09. The fraction of sp³-hybridized carbons (Fsp3) is 0.0909. The average Bonchev–Trinajstić information content (AvgIpc) is 2.64. The van der Waals surface area contributed by atoms with Crippen molar-refractivity contribution in [2.75, 3.05) is 11.5 Å². The lowest BCUT2D eigenvalue weighted by Gasteiger charge is -2.08. The van der Waals surface area contributed by atoms with E-state index in [1.807, 2.05) is 61.7 Å². The van der Waals surface area contributed by atoms with Crippen molar-refractivity contribution in [2.24, 2.45) is 9.98 Å². The molecule has 0 heterocycles. The highest BCUT2D eigenvalue weighted by atomic mass is 14.8. The van der Waals surface area contributed by atoms with Gasteiger partial charge in [-0.1, -0.05) is 42.0 Å². The van der Waals surface area contributed by atoms with Gasteiger partial charge in [-0.15, -0.1) is 0 Å². The Labute approximate surface area is 153 Å². The maximum atomic E-state index is 6.19. The summed E-state index contributed by atoms with van der Waals surface area (Å²) in [5.41, 5.74) is 19.3. The molecule has 0 aliphatic carbocycles. The van der Waals surface area contributed by atoms with Crippen molar-refractivity contribution >= 4 is 35.2 Å². The smallest absolute Gasteiger partial charge is 0.0859 e. The minimum absolute atomic E-state index is 0.625. The second kappa shape index (κ2) is 7.66. The van der Waals surface area contributed by atoms with E-state index < -0.39 is 0 Å². The second-order valence-corrected chi connectivity index (χ2v) is 6.10. The van der Waals surface area contributed by atoms with Crippen LogP contribution < -0.4 is 11.5 Å². The molecule has 4 nitrogen and oxygen atoms in total. The lowest BCUT2D eigenvalue weighted by Crippen LogP contribution is -1.90. The number of hydrogen-bond donors (Lipinski definition) is 2. The monoisotopic (exact) mass is 342 g/mol. The number of benzene rings is 3. The van der Waals surface area contributed by atoms with Crippen LogP contribution in [0.4, 0.5) is 22.7 Å². The minimum Gasteiger partial charge on any atom is -0.397 e. The molecular weight excluding hydrogens is 320 g/mol. The molecule has 0 aliphatic heterocycles. The standard InChI is InChI=1S/C22H22N4/c1-3-25-21-10-8-17(12-19(21)23)18-9-11-22(20(24)13-18)26-14-16-6-4-15(2)5-7-16/h3-14H,23-24H2,1-2H3. The molecule has 0 aromatic heterocycles. The zero-order chi connectivity index (χ0) is 18.5. The van der Waals surface area contributed by atoms with E-state index in [2.05, 4.69) is 29.0 Å². The van der Waals surface area contributed by atoms with Gasteiger partial charge in [-0.25, -0.2) is 0 Å². The Morgan fingerprint density at radius 1 is 0.731 bits per heavy atom. The molecule has 3 rings (SSSR count). The number of rotatable bonds is 4. The highest BCUT2D eigenvalue weighted by Gasteiger charge is 2.05. The number of nitrogens with zero attached hydrogens (tertiary/aromatic N) is 2. The van der Waals surface area contributed by atoms with Crippen LogP contribution in [0.25, 0.3) is 11.1 Å². The Morgan fingerprint density at radius 2 is 1.27 bits per heavy atom. The van der Waals surface area contributed by atoms with Gasteiger partial charge in [-0.05, 0) is 54.8 Å². The van der Waals surface area contributed by atoms with Crippen LogP contribution in [0.1, 0.15) is 18.1 Å². The average molecular weight is 342 g/mol. The minimum atomic E-state index is 0.625. The lowest BCUT2D eigenvalue weighted by molar-refractivity contribution is 1.46. The normalized spacial score (nSPS) is 11.5. The highest BCUT2D eigenvalue weighted by Crippen LogP contribution is 2.32. The molecule has 0 bridgehead atoms. The van der Waals surface area contributed by atoms with Crippen molar-refractivity contribution in [3.63, 3.8) is 0 Å². The first-order chi connectivity index (χ1) is 12.6. The van der Waals surface area contributed by atoms with Gasteiger partial charge >= 0.3 is 0 Å². The van der Waals surface area contributed by atoms with Crippen LogP contribution in [0.3, 0.4) is 0 Å². The molecule has 0 amide bonds. The molecule has 4 N–H and O–H groups in total.